The maximum Gasteiger partial charge on any atom is 0.217 e. The molecule has 5 aromatic carbocycles. The van der Waals surface area contributed by atoms with Gasteiger partial charge in [0.2, 0.25) is 11.2 Å². The van der Waals surface area contributed by atoms with E-state index in [4.69, 9.17) is 8.83 Å². The number of hydrogen-bond donors (Lipinski definition) is 0. The maximum absolute atomic E-state index is 10.2. The summed E-state index contributed by atoms with van der Waals surface area (Å²) in [5.41, 5.74) is 11.2. The number of hydrogen-bond acceptors (Lipinski definition) is 3. The van der Waals surface area contributed by atoms with Crippen molar-refractivity contribution in [3.63, 3.8) is 0 Å². The lowest BCUT2D eigenvalue weighted by atomic mass is 9.93. The Morgan fingerprint density at radius 1 is 0.674 bits per heavy atom. The SMILES string of the molecule is Cc1ccc2c(oc3c(-c4ccc5c(c4)oc4ccccc45)c(C#N)ccc32)c1-c1cc(C(C)C)c2ccccc2[n+]1C. The number of rotatable bonds is 3. The minimum atomic E-state index is 0.359. The van der Waals surface area contributed by atoms with E-state index in [1.165, 1.54) is 16.5 Å². The van der Waals surface area contributed by atoms with E-state index in [2.05, 4.69) is 99.1 Å². The van der Waals surface area contributed by atoms with Crippen LogP contribution in [0.1, 0.15) is 36.5 Å². The molecule has 3 aromatic heterocycles. The molecule has 4 nitrogen and oxygen atoms in total. The average molecular weight is 558 g/mol. The van der Waals surface area contributed by atoms with Crippen LogP contribution in [0.2, 0.25) is 0 Å². The Hall–Kier alpha value is -5.40. The monoisotopic (exact) mass is 557 g/mol. The first-order valence-corrected chi connectivity index (χ1v) is 14.7. The third-order valence-corrected chi connectivity index (χ3v) is 8.91. The summed E-state index contributed by atoms with van der Waals surface area (Å²) in [6, 6.07) is 35.8. The van der Waals surface area contributed by atoms with Crippen LogP contribution in [0.4, 0.5) is 0 Å². The maximum atomic E-state index is 10.2. The second-order valence-electron chi connectivity index (χ2n) is 11.7. The van der Waals surface area contributed by atoms with Crippen molar-refractivity contribution in [1.82, 2.24) is 0 Å². The van der Waals surface area contributed by atoms with Gasteiger partial charge in [0.15, 0.2) is 0 Å². The van der Waals surface area contributed by atoms with E-state index in [1.807, 2.05) is 36.4 Å². The first-order chi connectivity index (χ1) is 20.9. The third-order valence-electron chi connectivity index (χ3n) is 8.91. The molecule has 0 saturated heterocycles. The van der Waals surface area contributed by atoms with Gasteiger partial charge < -0.3 is 8.83 Å². The third kappa shape index (κ3) is 3.65. The number of aryl methyl sites for hydroxylation is 2. The molecule has 0 unspecified atom stereocenters. The summed E-state index contributed by atoms with van der Waals surface area (Å²) in [6.07, 6.45) is 0. The summed E-state index contributed by atoms with van der Waals surface area (Å²) in [5, 5.41) is 15.6. The quantitative estimate of drug-likeness (QED) is 0.203. The summed E-state index contributed by atoms with van der Waals surface area (Å²) in [6.45, 7) is 6.63. The fraction of sp³-hybridized carbons (Fsp3) is 0.128. The molecule has 8 rings (SSSR count). The molecular weight excluding hydrogens is 528 g/mol. The van der Waals surface area contributed by atoms with Crippen LogP contribution in [-0.4, -0.2) is 0 Å². The average Bonchev–Trinajstić information content (AvgIpc) is 3.58. The van der Waals surface area contributed by atoms with E-state index in [0.29, 0.717) is 17.1 Å². The summed E-state index contributed by atoms with van der Waals surface area (Å²) < 4.78 is 15.4. The zero-order chi connectivity index (χ0) is 29.4. The standard InChI is InChI=1S/C39H29N2O2/c1-22(2)31-20-33(41(4)32-11-7-5-9-26(31)32)36-23(3)13-16-29-30-18-15-25(21-40)37(39(30)43-38(29)36)24-14-17-28-27-10-6-8-12-34(27)42-35(28)19-24/h5-20,22H,1-4H3/q+1. The van der Waals surface area contributed by atoms with Crippen LogP contribution in [-0.2, 0) is 7.05 Å². The van der Waals surface area contributed by atoms with Gasteiger partial charge in [-0.25, -0.2) is 0 Å². The van der Waals surface area contributed by atoms with Crippen molar-refractivity contribution in [3.05, 3.63) is 114 Å². The van der Waals surface area contributed by atoms with E-state index in [9.17, 15) is 5.26 Å². The molecule has 0 saturated carbocycles. The fourth-order valence-electron chi connectivity index (χ4n) is 6.76. The minimum absolute atomic E-state index is 0.359. The number of benzene rings is 5. The number of aromatic nitrogens is 1. The van der Waals surface area contributed by atoms with Crippen molar-refractivity contribution in [2.75, 3.05) is 0 Å². The molecule has 0 radical (unpaired) electrons. The molecule has 0 atom stereocenters. The lowest BCUT2D eigenvalue weighted by molar-refractivity contribution is -0.633. The molecule has 0 bridgehead atoms. The van der Waals surface area contributed by atoms with Crippen LogP contribution in [0.25, 0.3) is 77.2 Å². The molecule has 3 heterocycles. The smallest absolute Gasteiger partial charge is 0.217 e. The molecule has 8 aromatic rings. The van der Waals surface area contributed by atoms with Gasteiger partial charge >= 0.3 is 0 Å². The van der Waals surface area contributed by atoms with E-state index in [0.717, 1.165) is 66.2 Å². The Morgan fingerprint density at radius 2 is 1.35 bits per heavy atom. The topological polar surface area (TPSA) is 54.0 Å². The zero-order valence-corrected chi connectivity index (χ0v) is 24.5. The second-order valence-corrected chi connectivity index (χ2v) is 11.7. The number of nitriles is 1. The highest BCUT2D eigenvalue weighted by Crippen LogP contribution is 2.43. The summed E-state index contributed by atoms with van der Waals surface area (Å²) in [4.78, 5) is 0. The number of furan rings is 2. The predicted molar refractivity (Wildman–Crippen MR) is 174 cm³/mol. The number of fused-ring (bicyclic) bond motifs is 7. The molecule has 206 valence electrons. The van der Waals surface area contributed by atoms with Crippen LogP contribution < -0.4 is 4.57 Å². The molecule has 0 spiro atoms. The van der Waals surface area contributed by atoms with Gasteiger partial charge in [0, 0.05) is 44.6 Å². The number of nitrogens with zero attached hydrogens (tertiary/aromatic N) is 2. The van der Waals surface area contributed by atoms with E-state index in [-0.39, 0.29) is 0 Å². The molecule has 0 amide bonds. The van der Waals surface area contributed by atoms with Gasteiger partial charge in [-0.15, -0.1) is 0 Å². The van der Waals surface area contributed by atoms with Gasteiger partial charge in [0.25, 0.3) is 0 Å². The predicted octanol–water partition coefficient (Wildman–Crippen LogP) is 10.1. The van der Waals surface area contributed by atoms with Crippen LogP contribution >= 0.6 is 0 Å². The van der Waals surface area contributed by atoms with Crippen molar-refractivity contribution in [3.8, 4) is 28.5 Å². The highest BCUT2D eigenvalue weighted by Gasteiger charge is 2.26. The van der Waals surface area contributed by atoms with Crippen LogP contribution in [0, 0.1) is 18.3 Å². The van der Waals surface area contributed by atoms with Crippen LogP contribution in [0.3, 0.4) is 0 Å². The second kappa shape index (κ2) is 9.31. The zero-order valence-electron chi connectivity index (χ0n) is 24.5. The summed E-state index contributed by atoms with van der Waals surface area (Å²) in [7, 11) is 2.13. The Morgan fingerprint density at radius 3 is 2.14 bits per heavy atom. The summed E-state index contributed by atoms with van der Waals surface area (Å²) >= 11 is 0. The highest BCUT2D eigenvalue weighted by atomic mass is 16.3. The van der Waals surface area contributed by atoms with Gasteiger partial charge in [-0.05, 0) is 65.9 Å². The van der Waals surface area contributed by atoms with Crippen molar-refractivity contribution >= 4 is 54.8 Å². The van der Waals surface area contributed by atoms with E-state index < -0.39 is 0 Å². The Balaban J connectivity index is 1.44. The molecule has 0 aliphatic heterocycles. The molecule has 43 heavy (non-hydrogen) atoms. The van der Waals surface area contributed by atoms with Gasteiger partial charge in [0.05, 0.1) is 17.2 Å². The molecule has 0 N–H and O–H groups in total. The van der Waals surface area contributed by atoms with Gasteiger partial charge in [-0.2, -0.15) is 9.83 Å². The number of pyridine rings is 1. The van der Waals surface area contributed by atoms with Gasteiger partial charge in [-0.3, -0.25) is 0 Å². The first kappa shape index (κ1) is 25.3. The van der Waals surface area contributed by atoms with E-state index in [1.54, 1.807) is 0 Å². The van der Waals surface area contributed by atoms with Gasteiger partial charge in [0.1, 0.15) is 29.4 Å². The largest absolute Gasteiger partial charge is 0.456 e. The van der Waals surface area contributed by atoms with Gasteiger partial charge in [-0.1, -0.05) is 62.4 Å². The summed E-state index contributed by atoms with van der Waals surface area (Å²) in [5.74, 6) is 0.359. The molecule has 0 aliphatic rings. The van der Waals surface area contributed by atoms with Crippen molar-refractivity contribution in [2.24, 2.45) is 7.05 Å². The van der Waals surface area contributed by atoms with Crippen molar-refractivity contribution in [1.29, 1.82) is 5.26 Å². The normalized spacial score (nSPS) is 11.9. The first-order valence-electron chi connectivity index (χ1n) is 14.7. The molecule has 0 aliphatic carbocycles. The number of para-hydroxylation sites is 2. The molecular formula is C39H29N2O2+. The lowest BCUT2D eigenvalue weighted by Crippen LogP contribution is -2.33. The lowest BCUT2D eigenvalue weighted by Gasteiger charge is -2.13. The molecule has 4 heteroatoms. The van der Waals surface area contributed by atoms with E-state index >= 15 is 0 Å². The fourth-order valence-corrected chi connectivity index (χ4v) is 6.76. The van der Waals surface area contributed by atoms with Crippen molar-refractivity contribution < 1.29 is 13.4 Å². The Kier molecular flexibility index (Phi) is 5.48. The Bertz CT molecular complexity index is 2470. The minimum Gasteiger partial charge on any atom is -0.456 e. The van der Waals surface area contributed by atoms with Crippen molar-refractivity contribution in [2.45, 2.75) is 26.7 Å². The Labute approximate surface area is 249 Å². The molecule has 0 fully saturated rings. The van der Waals surface area contributed by atoms with Crippen LogP contribution in [0.15, 0.2) is 106 Å². The van der Waals surface area contributed by atoms with Crippen LogP contribution in [0.5, 0.6) is 0 Å². The highest BCUT2D eigenvalue weighted by molar-refractivity contribution is 6.15.